The van der Waals surface area contributed by atoms with Gasteiger partial charge in [-0.05, 0) is 25.8 Å². The summed E-state index contributed by atoms with van der Waals surface area (Å²) in [7, 11) is -3.16. The molecule has 2 N–H and O–H groups in total. The predicted octanol–water partition coefficient (Wildman–Crippen LogP) is 0.253. The van der Waals surface area contributed by atoms with E-state index >= 15 is 0 Å². The van der Waals surface area contributed by atoms with E-state index in [1.165, 1.54) is 0 Å². The summed E-state index contributed by atoms with van der Waals surface area (Å²) in [5.74, 6) is -0.687. The first kappa shape index (κ1) is 15.4. The molecular formula is C11H22N2O4S. The van der Waals surface area contributed by atoms with Gasteiger partial charge in [-0.15, -0.1) is 0 Å². The number of sulfonamides is 1. The molecule has 1 aliphatic carbocycles. The molecule has 1 fully saturated rings. The van der Waals surface area contributed by atoms with E-state index in [0.717, 1.165) is 0 Å². The zero-order valence-electron chi connectivity index (χ0n) is 10.9. The quantitative estimate of drug-likeness (QED) is 0.665. The highest BCUT2D eigenvalue weighted by Gasteiger charge is 2.35. The summed E-state index contributed by atoms with van der Waals surface area (Å²) < 4.78 is 25.7. The molecule has 0 bridgehead atoms. The van der Waals surface area contributed by atoms with E-state index in [2.05, 4.69) is 4.72 Å². The molecule has 0 saturated heterocycles. The molecule has 106 valence electrons. The Balaban J connectivity index is 2.37. The van der Waals surface area contributed by atoms with Crippen molar-refractivity contribution < 1.29 is 18.3 Å². The van der Waals surface area contributed by atoms with E-state index in [1.807, 2.05) is 18.7 Å². The molecule has 18 heavy (non-hydrogen) atoms. The molecule has 0 radical (unpaired) electrons. The number of rotatable bonds is 8. The standard InChI is InChI=1S/C11H22N2O4S/c1-3-5-18(16,17)12-9-6-10(7-9)13(4-2)8-11(14)15/h9-10,12H,3-8H2,1-2H3,(H,14,15). The Labute approximate surface area is 108 Å². The van der Waals surface area contributed by atoms with Crippen LogP contribution in [0.4, 0.5) is 0 Å². The first-order chi connectivity index (χ1) is 8.38. The molecular weight excluding hydrogens is 256 g/mol. The maximum Gasteiger partial charge on any atom is 0.317 e. The van der Waals surface area contributed by atoms with Gasteiger partial charge in [0.15, 0.2) is 0 Å². The number of nitrogens with one attached hydrogen (secondary N) is 1. The van der Waals surface area contributed by atoms with E-state index in [0.29, 0.717) is 25.8 Å². The molecule has 1 rings (SSSR count). The topological polar surface area (TPSA) is 86.7 Å². The fourth-order valence-corrected chi connectivity index (χ4v) is 3.59. The lowest BCUT2D eigenvalue weighted by Crippen LogP contribution is -2.55. The highest BCUT2D eigenvalue weighted by molar-refractivity contribution is 7.89. The summed E-state index contributed by atoms with van der Waals surface area (Å²) in [6.07, 6.45) is 2.00. The Hall–Kier alpha value is -0.660. The Morgan fingerprint density at radius 1 is 1.39 bits per heavy atom. The van der Waals surface area contributed by atoms with Gasteiger partial charge in [0.05, 0.1) is 12.3 Å². The van der Waals surface area contributed by atoms with Crippen LogP contribution < -0.4 is 4.72 Å². The monoisotopic (exact) mass is 278 g/mol. The van der Waals surface area contributed by atoms with Crippen LogP contribution in [0.1, 0.15) is 33.1 Å². The molecule has 6 nitrogen and oxygen atoms in total. The third-order valence-corrected chi connectivity index (χ3v) is 4.83. The van der Waals surface area contributed by atoms with Gasteiger partial charge in [-0.25, -0.2) is 13.1 Å². The molecule has 0 atom stereocenters. The van der Waals surface area contributed by atoms with Crippen LogP contribution >= 0.6 is 0 Å². The molecule has 0 amide bonds. The summed E-state index contributed by atoms with van der Waals surface area (Å²) in [5.41, 5.74) is 0. The fraction of sp³-hybridized carbons (Fsp3) is 0.909. The van der Waals surface area contributed by atoms with Gasteiger partial charge in [0, 0.05) is 12.1 Å². The molecule has 0 aliphatic heterocycles. The molecule has 0 aromatic rings. The largest absolute Gasteiger partial charge is 0.480 e. The minimum Gasteiger partial charge on any atom is -0.480 e. The van der Waals surface area contributed by atoms with E-state index in [9.17, 15) is 13.2 Å². The van der Waals surface area contributed by atoms with E-state index in [1.54, 1.807) is 0 Å². The predicted molar refractivity (Wildman–Crippen MR) is 68.9 cm³/mol. The highest BCUT2D eigenvalue weighted by Crippen LogP contribution is 2.26. The Morgan fingerprint density at radius 2 is 2.00 bits per heavy atom. The van der Waals surface area contributed by atoms with Gasteiger partial charge >= 0.3 is 5.97 Å². The van der Waals surface area contributed by atoms with E-state index in [4.69, 9.17) is 5.11 Å². The van der Waals surface area contributed by atoms with Crippen LogP contribution in [-0.2, 0) is 14.8 Å². The Kier molecular flexibility index (Phi) is 5.55. The molecule has 0 heterocycles. The minimum atomic E-state index is -3.16. The molecule has 0 unspecified atom stereocenters. The normalized spacial score (nSPS) is 23.9. The van der Waals surface area contributed by atoms with E-state index in [-0.39, 0.29) is 24.4 Å². The lowest BCUT2D eigenvalue weighted by Gasteiger charge is -2.42. The maximum atomic E-state index is 11.5. The van der Waals surface area contributed by atoms with Gasteiger partial charge in [0.25, 0.3) is 0 Å². The van der Waals surface area contributed by atoms with Crippen molar-refractivity contribution in [2.75, 3.05) is 18.8 Å². The van der Waals surface area contributed by atoms with Crippen molar-refractivity contribution in [3.05, 3.63) is 0 Å². The number of hydrogen-bond acceptors (Lipinski definition) is 4. The van der Waals surface area contributed by atoms with Gasteiger partial charge < -0.3 is 5.11 Å². The Morgan fingerprint density at radius 3 is 2.44 bits per heavy atom. The third kappa shape index (κ3) is 4.55. The molecule has 0 aromatic carbocycles. The Bertz CT molecular complexity index is 377. The second kappa shape index (κ2) is 6.49. The summed E-state index contributed by atoms with van der Waals surface area (Å²) in [5, 5.41) is 8.75. The van der Waals surface area contributed by atoms with Crippen molar-refractivity contribution in [3.63, 3.8) is 0 Å². The first-order valence-corrected chi connectivity index (χ1v) is 7.99. The number of carbonyl (C=O) groups is 1. The summed E-state index contributed by atoms with van der Waals surface area (Å²) in [6, 6.07) is 0.148. The molecule has 1 saturated carbocycles. The van der Waals surface area contributed by atoms with Crippen LogP contribution in [0.25, 0.3) is 0 Å². The van der Waals surface area contributed by atoms with Crippen LogP contribution in [0.3, 0.4) is 0 Å². The van der Waals surface area contributed by atoms with Gasteiger partial charge in [0.2, 0.25) is 10.0 Å². The lowest BCUT2D eigenvalue weighted by atomic mass is 9.86. The first-order valence-electron chi connectivity index (χ1n) is 6.33. The third-order valence-electron chi connectivity index (χ3n) is 3.19. The van der Waals surface area contributed by atoms with Crippen molar-refractivity contribution >= 4 is 16.0 Å². The lowest BCUT2D eigenvalue weighted by molar-refractivity contribution is -0.139. The zero-order chi connectivity index (χ0) is 13.8. The van der Waals surface area contributed by atoms with Crippen molar-refractivity contribution in [2.24, 2.45) is 0 Å². The van der Waals surface area contributed by atoms with Gasteiger partial charge in [-0.3, -0.25) is 9.69 Å². The van der Waals surface area contributed by atoms with Crippen LogP contribution in [0.5, 0.6) is 0 Å². The number of carboxylic acid groups (broad SMARTS) is 1. The SMILES string of the molecule is CCCS(=O)(=O)NC1CC(N(CC)CC(=O)O)C1. The second-order valence-electron chi connectivity index (χ2n) is 4.72. The van der Waals surface area contributed by atoms with Gasteiger partial charge in [0.1, 0.15) is 0 Å². The molecule has 7 heteroatoms. The van der Waals surface area contributed by atoms with Crippen molar-refractivity contribution in [3.8, 4) is 0 Å². The molecule has 1 aliphatic rings. The van der Waals surface area contributed by atoms with Gasteiger partial charge in [-0.1, -0.05) is 13.8 Å². The number of likely N-dealkylation sites (N-methyl/N-ethyl adjacent to an activating group) is 1. The number of carboxylic acids is 1. The molecule has 0 aromatic heterocycles. The van der Waals surface area contributed by atoms with Crippen LogP contribution in [0.15, 0.2) is 0 Å². The van der Waals surface area contributed by atoms with E-state index < -0.39 is 16.0 Å². The number of aliphatic carboxylic acids is 1. The number of hydrogen-bond donors (Lipinski definition) is 2. The van der Waals surface area contributed by atoms with Crippen LogP contribution in [0, 0.1) is 0 Å². The fourth-order valence-electron chi connectivity index (χ4n) is 2.24. The van der Waals surface area contributed by atoms with Gasteiger partial charge in [-0.2, -0.15) is 0 Å². The average molecular weight is 278 g/mol. The maximum absolute atomic E-state index is 11.5. The van der Waals surface area contributed by atoms with Crippen molar-refractivity contribution in [1.82, 2.24) is 9.62 Å². The minimum absolute atomic E-state index is 0.0234. The van der Waals surface area contributed by atoms with Crippen LogP contribution in [-0.4, -0.2) is 55.3 Å². The number of nitrogens with zero attached hydrogens (tertiary/aromatic N) is 1. The smallest absolute Gasteiger partial charge is 0.317 e. The van der Waals surface area contributed by atoms with Crippen LogP contribution in [0.2, 0.25) is 0 Å². The molecule has 0 spiro atoms. The summed E-state index contributed by atoms with van der Waals surface area (Å²) >= 11 is 0. The summed E-state index contributed by atoms with van der Waals surface area (Å²) in [6.45, 7) is 4.44. The zero-order valence-corrected chi connectivity index (χ0v) is 11.7. The highest BCUT2D eigenvalue weighted by atomic mass is 32.2. The second-order valence-corrected chi connectivity index (χ2v) is 6.59. The average Bonchev–Trinajstić information content (AvgIpc) is 2.19. The summed E-state index contributed by atoms with van der Waals surface area (Å²) in [4.78, 5) is 12.5. The van der Waals surface area contributed by atoms with Crippen molar-refractivity contribution in [2.45, 2.75) is 45.2 Å². The van der Waals surface area contributed by atoms with Crippen molar-refractivity contribution in [1.29, 1.82) is 0 Å².